The molecule has 100 valence electrons. The van der Waals surface area contributed by atoms with E-state index in [1.807, 2.05) is 6.92 Å². The summed E-state index contributed by atoms with van der Waals surface area (Å²) in [4.78, 5) is 8.92. The second-order valence-corrected chi connectivity index (χ2v) is 6.10. The molecule has 0 unspecified atom stereocenters. The van der Waals surface area contributed by atoms with Gasteiger partial charge in [0.15, 0.2) is 5.82 Å². The molecule has 0 amide bonds. The summed E-state index contributed by atoms with van der Waals surface area (Å²) in [6, 6.07) is 0. The molecule has 2 N–H and O–H groups in total. The normalized spacial score (nSPS) is 21.8. The van der Waals surface area contributed by atoms with Gasteiger partial charge >= 0.3 is 0 Å². The van der Waals surface area contributed by atoms with Crippen LogP contribution in [0.1, 0.15) is 51.0 Å². The van der Waals surface area contributed by atoms with Crippen LogP contribution in [0, 0.1) is 12.3 Å². The summed E-state index contributed by atoms with van der Waals surface area (Å²) in [6.45, 7) is 6.53. The quantitative estimate of drug-likeness (QED) is 0.875. The molecular weight excluding hydrogens is 226 g/mol. The molecule has 1 fully saturated rings. The van der Waals surface area contributed by atoms with E-state index in [1.54, 1.807) is 13.3 Å². The van der Waals surface area contributed by atoms with E-state index in [1.165, 1.54) is 0 Å². The third kappa shape index (κ3) is 2.34. The highest BCUT2D eigenvalue weighted by molar-refractivity contribution is 5.39. The van der Waals surface area contributed by atoms with Crippen molar-refractivity contribution in [2.75, 3.05) is 12.8 Å². The zero-order chi connectivity index (χ0) is 13.4. The van der Waals surface area contributed by atoms with E-state index < -0.39 is 0 Å². The Bertz CT molecular complexity index is 433. The molecule has 4 nitrogen and oxygen atoms in total. The average molecular weight is 249 g/mol. The second-order valence-electron chi connectivity index (χ2n) is 6.10. The van der Waals surface area contributed by atoms with Crippen LogP contribution in [0.15, 0.2) is 6.20 Å². The molecule has 1 aromatic heterocycles. The van der Waals surface area contributed by atoms with Gasteiger partial charge in [-0.05, 0) is 38.0 Å². The van der Waals surface area contributed by atoms with Crippen LogP contribution in [-0.4, -0.2) is 17.1 Å². The molecular formula is C14H23N3O. The van der Waals surface area contributed by atoms with Crippen molar-refractivity contribution in [1.29, 1.82) is 0 Å². The Morgan fingerprint density at radius 2 is 1.83 bits per heavy atom. The van der Waals surface area contributed by atoms with Gasteiger partial charge in [0.25, 0.3) is 0 Å². The van der Waals surface area contributed by atoms with Gasteiger partial charge < -0.3 is 10.5 Å². The minimum Gasteiger partial charge on any atom is -0.396 e. The molecule has 1 aliphatic rings. The zero-order valence-corrected chi connectivity index (χ0v) is 11.8. The minimum absolute atomic E-state index is 0.325. The lowest BCUT2D eigenvalue weighted by Crippen LogP contribution is -2.38. The molecule has 0 saturated heterocycles. The van der Waals surface area contributed by atoms with E-state index in [0.717, 1.165) is 37.2 Å². The van der Waals surface area contributed by atoms with Gasteiger partial charge in [-0.2, -0.15) is 0 Å². The number of aryl methyl sites for hydroxylation is 1. The van der Waals surface area contributed by atoms with Gasteiger partial charge in [-0.25, -0.2) is 9.97 Å². The molecule has 4 heteroatoms. The van der Waals surface area contributed by atoms with Crippen LogP contribution in [0.2, 0.25) is 0 Å². The largest absolute Gasteiger partial charge is 0.396 e. The highest BCUT2D eigenvalue weighted by Crippen LogP contribution is 2.46. The zero-order valence-electron chi connectivity index (χ0n) is 11.8. The lowest BCUT2D eigenvalue weighted by molar-refractivity contribution is -0.0730. The first-order chi connectivity index (χ1) is 8.38. The van der Waals surface area contributed by atoms with Gasteiger partial charge in [-0.15, -0.1) is 0 Å². The standard InChI is InChI=1S/C14H23N3O/c1-10-11(15)9-16-12(17-10)14(18-4)7-5-13(2,3)6-8-14/h9H,5-8,15H2,1-4H3. The van der Waals surface area contributed by atoms with Gasteiger partial charge in [-0.1, -0.05) is 13.8 Å². The predicted octanol–water partition coefficient (Wildman–Crippen LogP) is 2.81. The first-order valence-corrected chi connectivity index (χ1v) is 6.53. The van der Waals surface area contributed by atoms with Crippen molar-refractivity contribution in [3.05, 3.63) is 17.7 Å². The average Bonchev–Trinajstić information content (AvgIpc) is 2.34. The second kappa shape index (κ2) is 4.50. The maximum atomic E-state index is 5.79. The van der Waals surface area contributed by atoms with Crippen LogP contribution in [0.3, 0.4) is 0 Å². The smallest absolute Gasteiger partial charge is 0.160 e. The number of nitrogens with two attached hydrogens (primary N) is 1. The van der Waals surface area contributed by atoms with Crippen LogP contribution >= 0.6 is 0 Å². The Labute approximate surface area is 109 Å². The monoisotopic (exact) mass is 249 g/mol. The Kier molecular flexibility index (Phi) is 3.32. The lowest BCUT2D eigenvalue weighted by atomic mass is 9.70. The Morgan fingerprint density at radius 3 is 2.33 bits per heavy atom. The summed E-state index contributed by atoms with van der Waals surface area (Å²) < 4.78 is 5.79. The third-order valence-electron chi connectivity index (χ3n) is 4.23. The van der Waals surface area contributed by atoms with Crippen molar-refractivity contribution in [2.45, 2.75) is 52.1 Å². The topological polar surface area (TPSA) is 61.0 Å². The Hall–Kier alpha value is -1.16. The van der Waals surface area contributed by atoms with E-state index in [2.05, 4.69) is 23.8 Å². The summed E-state index contributed by atoms with van der Waals surface area (Å²) in [7, 11) is 1.76. The fourth-order valence-corrected chi connectivity index (χ4v) is 2.55. The van der Waals surface area contributed by atoms with Crippen molar-refractivity contribution in [3.63, 3.8) is 0 Å². The van der Waals surface area contributed by atoms with Crippen LogP contribution in [-0.2, 0) is 10.3 Å². The molecule has 1 aromatic rings. The number of anilines is 1. The number of methoxy groups -OCH3 is 1. The highest BCUT2D eigenvalue weighted by Gasteiger charge is 2.42. The van der Waals surface area contributed by atoms with Crippen LogP contribution in [0.5, 0.6) is 0 Å². The first kappa shape index (κ1) is 13.3. The maximum absolute atomic E-state index is 5.79. The van der Waals surface area contributed by atoms with E-state index in [-0.39, 0.29) is 5.60 Å². The van der Waals surface area contributed by atoms with Crippen LogP contribution < -0.4 is 5.73 Å². The number of rotatable bonds is 2. The molecule has 0 spiro atoms. The summed E-state index contributed by atoms with van der Waals surface area (Å²) in [5.41, 5.74) is 7.32. The lowest BCUT2D eigenvalue weighted by Gasteiger charge is -2.41. The van der Waals surface area contributed by atoms with E-state index in [9.17, 15) is 0 Å². The number of nitrogen functional groups attached to an aromatic ring is 1. The molecule has 1 heterocycles. The SMILES string of the molecule is COC1(c2ncc(N)c(C)n2)CCC(C)(C)CC1. The minimum atomic E-state index is -0.325. The molecule has 1 aliphatic carbocycles. The van der Waals surface area contributed by atoms with Gasteiger partial charge in [0.1, 0.15) is 5.60 Å². The molecule has 1 saturated carbocycles. The molecule has 0 radical (unpaired) electrons. The predicted molar refractivity (Wildman–Crippen MR) is 72.1 cm³/mol. The molecule has 0 aliphatic heterocycles. The van der Waals surface area contributed by atoms with Crippen molar-refractivity contribution < 1.29 is 4.74 Å². The summed E-state index contributed by atoms with van der Waals surface area (Å²) >= 11 is 0. The maximum Gasteiger partial charge on any atom is 0.160 e. The molecule has 0 bridgehead atoms. The molecule has 0 aromatic carbocycles. The Morgan fingerprint density at radius 1 is 1.22 bits per heavy atom. The fourth-order valence-electron chi connectivity index (χ4n) is 2.55. The van der Waals surface area contributed by atoms with Crippen LogP contribution in [0.4, 0.5) is 5.69 Å². The number of hydrogen-bond donors (Lipinski definition) is 1. The highest BCUT2D eigenvalue weighted by atomic mass is 16.5. The van der Waals surface area contributed by atoms with Crippen LogP contribution in [0.25, 0.3) is 0 Å². The van der Waals surface area contributed by atoms with Crippen molar-refractivity contribution in [2.24, 2.45) is 5.41 Å². The Balaban J connectivity index is 2.30. The van der Waals surface area contributed by atoms with Gasteiger partial charge in [0.2, 0.25) is 0 Å². The van der Waals surface area contributed by atoms with Gasteiger partial charge in [-0.3, -0.25) is 0 Å². The molecule has 18 heavy (non-hydrogen) atoms. The third-order valence-corrected chi connectivity index (χ3v) is 4.23. The van der Waals surface area contributed by atoms with Crippen molar-refractivity contribution in [3.8, 4) is 0 Å². The number of aromatic nitrogens is 2. The number of ether oxygens (including phenoxy) is 1. The first-order valence-electron chi connectivity index (χ1n) is 6.53. The van der Waals surface area contributed by atoms with Crippen molar-refractivity contribution in [1.82, 2.24) is 9.97 Å². The van der Waals surface area contributed by atoms with Crippen molar-refractivity contribution >= 4 is 5.69 Å². The fraction of sp³-hybridized carbons (Fsp3) is 0.714. The van der Waals surface area contributed by atoms with E-state index in [0.29, 0.717) is 11.1 Å². The molecule has 0 atom stereocenters. The number of hydrogen-bond acceptors (Lipinski definition) is 4. The molecule has 2 rings (SSSR count). The van der Waals surface area contributed by atoms with E-state index in [4.69, 9.17) is 10.5 Å². The van der Waals surface area contributed by atoms with E-state index >= 15 is 0 Å². The summed E-state index contributed by atoms with van der Waals surface area (Å²) in [5, 5.41) is 0. The summed E-state index contributed by atoms with van der Waals surface area (Å²) in [6.07, 6.45) is 5.90. The van der Waals surface area contributed by atoms with Gasteiger partial charge in [0, 0.05) is 7.11 Å². The number of nitrogens with zero attached hydrogens (tertiary/aromatic N) is 2. The van der Waals surface area contributed by atoms with Gasteiger partial charge in [0.05, 0.1) is 17.6 Å². The summed E-state index contributed by atoms with van der Waals surface area (Å²) in [5.74, 6) is 0.784.